The number of nitrogens with zero attached hydrogens (tertiary/aromatic N) is 4. The molecule has 3 unspecified atom stereocenters. The molecule has 5 rings (SSSR count). The van der Waals surface area contributed by atoms with E-state index >= 15 is 0 Å². The highest BCUT2D eigenvalue weighted by atomic mass is 32.1. The van der Waals surface area contributed by atoms with Crippen LogP contribution >= 0.6 is 11.3 Å². The molecule has 0 aromatic carbocycles. The average Bonchev–Trinajstić information content (AvgIpc) is 3.64. The first-order valence-corrected chi connectivity index (χ1v) is 15.6. The van der Waals surface area contributed by atoms with Gasteiger partial charge in [-0.15, -0.1) is 11.3 Å². The number of thiophene rings is 1. The number of amides is 3. The van der Waals surface area contributed by atoms with Gasteiger partial charge in [-0.3, -0.25) is 14.9 Å². The number of anilines is 2. The normalized spacial score (nSPS) is 20.9. The van der Waals surface area contributed by atoms with Crippen molar-refractivity contribution >= 4 is 40.7 Å². The maximum absolute atomic E-state index is 13.6. The summed E-state index contributed by atoms with van der Waals surface area (Å²) in [7, 11) is 0. The summed E-state index contributed by atoms with van der Waals surface area (Å²) in [6, 6.07) is 7.58. The molecular weight excluding hydrogens is 568 g/mol. The first-order chi connectivity index (χ1) is 20.5. The summed E-state index contributed by atoms with van der Waals surface area (Å²) in [5.41, 5.74) is 1.33. The Hall–Kier alpha value is -3.77. The summed E-state index contributed by atoms with van der Waals surface area (Å²) in [5, 5.41) is 9.85. The predicted molar refractivity (Wildman–Crippen MR) is 165 cm³/mol. The van der Waals surface area contributed by atoms with E-state index in [4.69, 9.17) is 9.47 Å². The van der Waals surface area contributed by atoms with Gasteiger partial charge in [0.2, 0.25) is 0 Å². The maximum Gasteiger partial charge on any atom is 0.413 e. The Morgan fingerprint density at radius 2 is 1.91 bits per heavy atom. The van der Waals surface area contributed by atoms with Gasteiger partial charge in [0, 0.05) is 24.2 Å². The number of hydrogen-bond acceptors (Lipinski definition) is 8. The van der Waals surface area contributed by atoms with Gasteiger partial charge in [-0.05, 0) is 95.5 Å². The minimum absolute atomic E-state index is 0.0677. The van der Waals surface area contributed by atoms with Crippen molar-refractivity contribution in [2.45, 2.75) is 84.6 Å². The molecular formula is C31H40N6O5S. The van der Waals surface area contributed by atoms with Crippen LogP contribution in [0, 0.1) is 12.8 Å². The summed E-state index contributed by atoms with van der Waals surface area (Å²) >= 11 is 1.63. The van der Waals surface area contributed by atoms with Gasteiger partial charge in [-0.25, -0.2) is 14.5 Å². The number of aryl methyl sites for hydroxylation is 1. The van der Waals surface area contributed by atoms with Crippen molar-refractivity contribution < 1.29 is 23.9 Å². The standard InChI is InChI=1S/C31H40N6O5S/c1-19-9-10-22(24-11-12-25(43-24)23-13-14-33-37(23)26-8-6-7-15-41-26)36(18-19)29(39)28(38)34-21-16-20(2)27(32-17-21)35-30(40)42-31(3,4)5/h11-14,16-17,19,22,26H,6-10,15,18H2,1-5H3,(H,34,38)(H,32,35,40). The van der Waals surface area contributed by atoms with E-state index in [1.165, 1.54) is 6.20 Å². The smallest absolute Gasteiger partial charge is 0.413 e. The molecule has 2 N–H and O–H groups in total. The van der Waals surface area contributed by atoms with Crippen LogP contribution in [0.15, 0.2) is 36.7 Å². The van der Waals surface area contributed by atoms with Crippen LogP contribution in [-0.2, 0) is 19.1 Å². The number of pyridine rings is 1. The zero-order valence-electron chi connectivity index (χ0n) is 25.4. The quantitative estimate of drug-likeness (QED) is 0.326. The van der Waals surface area contributed by atoms with Crippen LogP contribution < -0.4 is 10.6 Å². The van der Waals surface area contributed by atoms with Gasteiger partial charge in [0.15, 0.2) is 6.23 Å². The van der Waals surface area contributed by atoms with Gasteiger partial charge < -0.3 is 19.7 Å². The molecule has 2 aliphatic heterocycles. The minimum Gasteiger partial charge on any atom is -0.444 e. The van der Waals surface area contributed by atoms with E-state index in [9.17, 15) is 14.4 Å². The molecule has 43 heavy (non-hydrogen) atoms. The lowest BCUT2D eigenvalue weighted by Gasteiger charge is -2.37. The first-order valence-electron chi connectivity index (χ1n) is 14.8. The highest BCUT2D eigenvalue weighted by Crippen LogP contribution is 2.40. The molecule has 5 heterocycles. The van der Waals surface area contributed by atoms with E-state index in [-0.39, 0.29) is 18.2 Å². The maximum atomic E-state index is 13.6. The van der Waals surface area contributed by atoms with Crippen molar-refractivity contribution in [1.82, 2.24) is 19.7 Å². The predicted octanol–water partition coefficient (Wildman–Crippen LogP) is 6.30. The van der Waals surface area contributed by atoms with E-state index in [1.54, 1.807) is 56.2 Å². The molecule has 230 valence electrons. The molecule has 0 bridgehead atoms. The zero-order valence-corrected chi connectivity index (χ0v) is 26.2. The molecule has 0 saturated carbocycles. The Morgan fingerprint density at radius 1 is 1.09 bits per heavy atom. The fraction of sp³-hybridized carbons (Fsp3) is 0.516. The van der Waals surface area contributed by atoms with Crippen LogP contribution in [0.3, 0.4) is 0 Å². The largest absolute Gasteiger partial charge is 0.444 e. The zero-order chi connectivity index (χ0) is 30.7. The van der Waals surface area contributed by atoms with Crippen molar-refractivity contribution in [3.05, 3.63) is 47.1 Å². The Labute approximate surface area is 256 Å². The summed E-state index contributed by atoms with van der Waals surface area (Å²) in [6.45, 7) is 10.4. The topological polar surface area (TPSA) is 128 Å². The number of likely N-dealkylation sites (tertiary alicyclic amines) is 1. The van der Waals surface area contributed by atoms with Crippen molar-refractivity contribution in [3.63, 3.8) is 0 Å². The number of aromatic nitrogens is 3. The molecule has 3 aromatic rings. The van der Waals surface area contributed by atoms with Crippen LogP contribution in [0.2, 0.25) is 0 Å². The number of ether oxygens (including phenoxy) is 2. The SMILES string of the molecule is Cc1cc(NC(=O)C(=O)N2CC(C)CCC2c2ccc(-c3ccnn3C3CCCCO3)s2)cnc1NC(=O)OC(C)(C)C. The number of nitrogens with one attached hydrogen (secondary N) is 2. The van der Waals surface area contributed by atoms with Gasteiger partial charge in [0.25, 0.3) is 0 Å². The van der Waals surface area contributed by atoms with Gasteiger partial charge in [0.1, 0.15) is 11.4 Å². The summed E-state index contributed by atoms with van der Waals surface area (Å²) < 4.78 is 13.2. The average molecular weight is 609 g/mol. The lowest BCUT2D eigenvalue weighted by molar-refractivity contribution is -0.146. The van der Waals surface area contributed by atoms with Crippen molar-refractivity contribution in [1.29, 1.82) is 0 Å². The lowest BCUT2D eigenvalue weighted by Crippen LogP contribution is -2.46. The molecule has 0 radical (unpaired) electrons. The molecule has 2 saturated heterocycles. The van der Waals surface area contributed by atoms with Crippen LogP contribution in [0.5, 0.6) is 0 Å². The van der Waals surface area contributed by atoms with Crippen molar-refractivity contribution in [3.8, 4) is 10.6 Å². The Morgan fingerprint density at radius 3 is 2.63 bits per heavy atom. The van der Waals surface area contributed by atoms with Crippen molar-refractivity contribution in [2.24, 2.45) is 5.92 Å². The monoisotopic (exact) mass is 608 g/mol. The van der Waals surface area contributed by atoms with Crippen LogP contribution in [0.25, 0.3) is 10.6 Å². The second kappa shape index (κ2) is 12.8. The molecule has 3 amide bonds. The second-order valence-corrected chi connectivity index (χ2v) is 13.4. The molecule has 3 aromatic heterocycles. The third-order valence-corrected chi connectivity index (χ3v) is 8.74. The molecule has 2 aliphatic rings. The molecule has 2 fully saturated rings. The van der Waals surface area contributed by atoms with E-state index in [0.29, 0.717) is 23.6 Å². The van der Waals surface area contributed by atoms with E-state index in [2.05, 4.69) is 39.8 Å². The molecule has 0 spiro atoms. The molecule has 3 atom stereocenters. The number of hydrogen-bond donors (Lipinski definition) is 2. The minimum atomic E-state index is -0.725. The fourth-order valence-electron chi connectivity index (χ4n) is 5.49. The van der Waals surface area contributed by atoms with Gasteiger partial charge in [-0.1, -0.05) is 6.92 Å². The van der Waals surface area contributed by atoms with Gasteiger partial charge in [0.05, 0.1) is 28.5 Å². The molecule has 0 aliphatic carbocycles. The van der Waals surface area contributed by atoms with Gasteiger partial charge >= 0.3 is 17.9 Å². The van der Waals surface area contributed by atoms with E-state index in [1.807, 2.05) is 10.7 Å². The Bertz CT molecular complexity index is 1470. The Kier molecular flexibility index (Phi) is 9.16. The number of carbonyl (C=O) groups excluding carboxylic acids is 3. The first kappa shape index (κ1) is 30.7. The van der Waals surface area contributed by atoms with Crippen LogP contribution in [0.1, 0.15) is 82.5 Å². The highest BCUT2D eigenvalue weighted by molar-refractivity contribution is 7.15. The number of piperidine rings is 1. The second-order valence-electron chi connectivity index (χ2n) is 12.3. The number of carbonyl (C=O) groups is 3. The Balaban J connectivity index is 1.28. The summed E-state index contributed by atoms with van der Waals surface area (Å²) in [5.74, 6) is -0.717. The fourth-order valence-corrected chi connectivity index (χ4v) is 6.66. The van der Waals surface area contributed by atoms with Crippen LogP contribution in [-0.4, -0.2) is 56.3 Å². The van der Waals surface area contributed by atoms with Gasteiger partial charge in [-0.2, -0.15) is 5.10 Å². The lowest BCUT2D eigenvalue weighted by atomic mass is 9.93. The summed E-state index contributed by atoms with van der Waals surface area (Å²) in [6.07, 6.45) is 7.37. The highest BCUT2D eigenvalue weighted by Gasteiger charge is 2.35. The molecule has 11 nitrogen and oxygen atoms in total. The number of rotatable bonds is 5. The molecule has 12 heteroatoms. The third kappa shape index (κ3) is 7.42. The third-order valence-electron chi connectivity index (χ3n) is 7.53. The van der Waals surface area contributed by atoms with Crippen molar-refractivity contribution in [2.75, 3.05) is 23.8 Å². The van der Waals surface area contributed by atoms with Crippen LogP contribution in [0.4, 0.5) is 16.3 Å². The van der Waals surface area contributed by atoms with E-state index < -0.39 is 23.5 Å². The summed E-state index contributed by atoms with van der Waals surface area (Å²) in [4.78, 5) is 46.9. The van der Waals surface area contributed by atoms with E-state index in [0.717, 1.165) is 54.2 Å².